The van der Waals surface area contributed by atoms with Crippen LogP contribution >= 0.6 is 0 Å². The van der Waals surface area contributed by atoms with Crippen molar-refractivity contribution >= 4 is 22.6 Å². The Kier molecular flexibility index (Phi) is 5.45. The van der Waals surface area contributed by atoms with E-state index < -0.39 is 0 Å². The van der Waals surface area contributed by atoms with Crippen LogP contribution in [0.15, 0.2) is 59.4 Å². The Morgan fingerprint density at radius 2 is 1.85 bits per heavy atom. The summed E-state index contributed by atoms with van der Waals surface area (Å²) in [4.78, 5) is 29.4. The fourth-order valence-corrected chi connectivity index (χ4v) is 3.02. The molecular weight excluding hydrogens is 342 g/mol. The predicted octanol–water partition coefficient (Wildman–Crippen LogP) is 3.98. The number of nitrogens with one attached hydrogen (secondary N) is 2. The van der Waals surface area contributed by atoms with Gasteiger partial charge in [-0.2, -0.15) is 0 Å². The number of anilines is 1. The smallest absolute Gasteiger partial charge is 0.322 e. The molecule has 27 heavy (non-hydrogen) atoms. The van der Waals surface area contributed by atoms with Gasteiger partial charge in [-0.05, 0) is 37.6 Å². The van der Waals surface area contributed by atoms with Crippen molar-refractivity contribution in [3.05, 3.63) is 70.5 Å². The van der Waals surface area contributed by atoms with Gasteiger partial charge in [-0.3, -0.25) is 4.79 Å². The number of carbonyl (C=O) groups excluding carboxylic acids is 1. The van der Waals surface area contributed by atoms with Gasteiger partial charge in [0.1, 0.15) is 5.75 Å². The summed E-state index contributed by atoms with van der Waals surface area (Å²) < 4.78 is 5.30. The highest BCUT2D eigenvalue weighted by Gasteiger charge is 2.20. The highest BCUT2D eigenvalue weighted by Crippen LogP contribution is 2.24. The minimum Gasteiger partial charge on any atom is -0.495 e. The average molecular weight is 365 g/mol. The number of rotatable bonds is 5. The number of fused-ring (bicyclic) bond motifs is 1. The third kappa shape index (κ3) is 4.11. The summed E-state index contributed by atoms with van der Waals surface area (Å²) >= 11 is 0. The maximum atomic E-state index is 12.9. The van der Waals surface area contributed by atoms with Crippen LogP contribution in [-0.4, -0.2) is 29.1 Å². The van der Waals surface area contributed by atoms with Crippen molar-refractivity contribution in [3.63, 3.8) is 0 Å². The number of hydrogen-bond donors (Lipinski definition) is 2. The van der Waals surface area contributed by atoms with Crippen LogP contribution in [-0.2, 0) is 6.54 Å². The van der Waals surface area contributed by atoms with E-state index in [0.717, 1.165) is 16.5 Å². The number of ether oxygens (including phenoxy) is 1. The number of H-pyrrole nitrogens is 1. The van der Waals surface area contributed by atoms with Crippen LogP contribution in [0.1, 0.15) is 19.4 Å². The fourth-order valence-electron chi connectivity index (χ4n) is 3.02. The van der Waals surface area contributed by atoms with Crippen molar-refractivity contribution in [2.45, 2.75) is 26.4 Å². The molecule has 0 aliphatic rings. The zero-order valence-corrected chi connectivity index (χ0v) is 15.7. The maximum Gasteiger partial charge on any atom is 0.322 e. The van der Waals surface area contributed by atoms with Gasteiger partial charge in [0.05, 0.1) is 12.8 Å². The van der Waals surface area contributed by atoms with Crippen LogP contribution in [0.4, 0.5) is 10.5 Å². The Morgan fingerprint density at radius 1 is 1.15 bits per heavy atom. The van der Waals surface area contributed by atoms with Gasteiger partial charge in [0.25, 0.3) is 0 Å². The number of methoxy groups -OCH3 is 1. The van der Waals surface area contributed by atoms with E-state index in [1.807, 2.05) is 50.2 Å². The molecule has 2 amide bonds. The van der Waals surface area contributed by atoms with E-state index in [0.29, 0.717) is 18.0 Å². The molecule has 0 aliphatic carbocycles. The molecule has 1 heterocycles. The molecule has 0 aliphatic heterocycles. The number of para-hydroxylation sites is 3. The predicted molar refractivity (Wildman–Crippen MR) is 107 cm³/mol. The van der Waals surface area contributed by atoms with Crippen molar-refractivity contribution in [2.75, 3.05) is 12.4 Å². The standard InChI is InChI=1S/C21H23N3O3/c1-14(2)24(21(26)23-18-10-6-7-11-19(18)27-3)13-15-12-20(25)22-17-9-5-4-8-16(15)17/h4-12,14H,13H2,1-3H3,(H,22,25)(H,23,26). The average Bonchev–Trinajstić information content (AvgIpc) is 2.65. The molecule has 140 valence electrons. The molecule has 0 radical (unpaired) electrons. The second-order valence-electron chi connectivity index (χ2n) is 6.56. The number of benzene rings is 2. The van der Waals surface area contributed by atoms with Gasteiger partial charge in [0, 0.05) is 29.6 Å². The number of nitrogens with zero attached hydrogens (tertiary/aromatic N) is 1. The Morgan fingerprint density at radius 3 is 2.59 bits per heavy atom. The number of urea groups is 1. The van der Waals surface area contributed by atoms with Gasteiger partial charge in [-0.25, -0.2) is 4.79 Å². The summed E-state index contributed by atoms with van der Waals surface area (Å²) in [5, 5.41) is 3.83. The van der Waals surface area contributed by atoms with Crippen molar-refractivity contribution in [1.82, 2.24) is 9.88 Å². The van der Waals surface area contributed by atoms with E-state index in [9.17, 15) is 9.59 Å². The zero-order chi connectivity index (χ0) is 19.4. The summed E-state index contributed by atoms with van der Waals surface area (Å²) in [6.45, 7) is 4.21. The summed E-state index contributed by atoms with van der Waals surface area (Å²) in [5.41, 5.74) is 1.98. The molecule has 0 unspecified atom stereocenters. The van der Waals surface area contributed by atoms with Crippen molar-refractivity contribution in [2.24, 2.45) is 0 Å². The number of amides is 2. The molecule has 2 N–H and O–H groups in total. The lowest BCUT2D eigenvalue weighted by Gasteiger charge is -2.28. The molecule has 1 aromatic heterocycles. The minimum atomic E-state index is -0.251. The van der Waals surface area contributed by atoms with Crippen LogP contribution in [0.2, 0.25) is 0 Å². The third-order valence-electron chi connectivity index (χ3n) is 4.41. The number of aromatic amines is 1. The molecule has 0 saturated heterocycles. The van der Waals surface area contributed by atoms with E-state index in [-0.39, 0.29) is 17.6 Å². The molecule has 0 bridgehead atoms. The second kappa shape index (κ2) is 7.95. The monoisotopic (exact) mass is 365 g/mol. The van der Waals surface area contributed by atoms with E-state index in [1.165, 1.54) is 0 Å². The highest BCUT2D eigenvalue weighted by atomic mass is 16.5. The van der Waals surface area contributed by atoms with Crippen molar-refractivity contribution in [3.8, 4) is 5.75 Å². The first-order valence-corrected chi connectivity index (χ1v) is 8.81. The van der Waals surface area contributed by atoms with Gasteiger partial charge in [0.2, 0.25) is 5.56 Å². The van der Waals surface area contributed by atoms with Crippen molar-refractivity contribution in [1.29, 1.82) is 0 Å². The molecule has 3 rings (SSSR count). The van der Waals surface area contributed by atoms with Gasteiger partial charge < -0.3 is 19.9 Å². The summed E-state index contributed by atoms with van der Waals surface area (Å²) in [7, 11) is 1.56. The second-order valence-corrected chi connectivity index (χ2v) is 6.56. The molecule has 0 atom stereocenters. The van der Waals surface area contributed by atoms with Crippen LogP contribution in [0, 0.1) is 0 Å². The normalized spacial score (nSPS) is 10.8. The summed E-state index contributed by atoms with van der Waals surface area (Å²) in [5.74, 6) is 0.594. The van der Waals surface area contributed by atoms with Gasteiger partial charge in [0.15, 0.2) is 0 Å². The number of pyridine rings is 1. The molecule has 0 spiro atoms. The summed E-state index contributed by atoms with van der Waals surface area (Å²) in [6.07, 6.45) is 0. The van der Waals surface area contributed by atoms with Crippen LogP contribution in [0.3, 0.4) is 0 Å². The van der Waals surface area contributed by atoms with Gasteiger partial charge >= 0.3 is 6.03 Å². The SMILES string of the molecule is COc1ccccc1NC(=O)N(Cc1cc(=O)[nH]c2ccccc12)C(C)C. The van der Waals surface area contributed by atoms with Crippen LogP contribution in [0.5, 0.6) is 5.75 Å². The molecular formula is C21H23N3O3. The molecule has 6 nitrogen and oxygen atoms in total. The highest BCUT2D eigenvalue weighted by molar-refractivity contribution is 5.91. The third-order valence-corrected chi connectivity index (χ3v) is 4.41. The summed E-state index contributed by atoms with van der Waals surface area (Å²) in [6, 6.07) is 16.1. The topological polar surface area (TPSA) is 74.4 Å². The lowest BCUT2D eigenvalue weighted by molar-refractivity contribution is 0.194. The van der Waals surface area contributed by atoms with Gasteiger partial charge in [-0.1, -0.05) is 30.3 Å². The van der Waals surface area contributed by atoms with E-state index in [2.05, 4.69) is 10.3 Å². The van der Waals surface area contributed by atoms with Crippen LogP contribution in [0.25, 0.3) is 10.9 Å². The fraction of sp³-hybridized carbons (Fsp3) is 0.238. The Hall–Kier alpha value is -3.28. The Bertz CT molecular complexity index is 1010. The minimum absolute atomic E-state index is 0.0576. The van der Waals surface area contributed by atoms with Crippen LogP contribution < -0.4 is 15.6 Å². The Balaban J connectivity index is 1.91. The Labute approximate surface area is 157 Å². The van der Waals surface area contributed by atoms with E-state index >= 15 is 0 Å². The number of hydrogen-bond acceptors (Lipinski definition) is 3. The first-order valence-electron chi connectivity index (χ1n) is 8.81. The maximum absolute atomic E-state index is 12.9. The lowest BCUT2D eigenvalue weighted by atomic mass is 10.1. The van der Waals surface area contributed by atoms with Gasteiger partial charge in [-0.15, -0.1) is 0 Å². The zero-order valence-electron chi connectivity index (χ0n) is 15.7. The molecule has 3 aromatic rings. The molecule has 0 fully saturated rings. The van der Waals surface area contributed by atoms with E-state index in [1.54, 1.807) is 30.2 Å². The quantitative estimate of drug-likeness (QED) is 0.718. The largest absolute Gasteiger partial charge is 0.495 e. The molecule has 0 saturated carbocycles. The molecule has 2 aromatic carbocycles. The lowest BCUT2D eigenvalue weighted by Crippen LogP contribution is -2.39. The van der Waals surface area contributed by atoms with Crippen molar-refractivity contribution < 1.29 is 9.53 Å². The molecule has 6 heteroatoms. The number of aromatic nitrogens is 1. The first-order chi connectivity index (χ1) is 13.0. The van der Waals surface area contributed by atoms with E-state index in [4.69, 9.17) is 4.74 Å². The number of carbonyl (C=O) groups is 1. The first kappa shape index (κ1) is 18.5.